The number of hydrogen-bond donors (Lipinski definition) is 3. The molecule has 2 rings (SSSR count). The molecule has 3 N–H and O–H groups in total. The number of nitrogens with zero attached hydrogens (tertiary/aromatic N) is 1. The molecule has 0 fully saturated rings. The van der Waals surface area contributed by atoms with E-state index in [1.54, 1.807) is 24.3 Å². The highest BCUT2D eigenvalue weighted by Crippen LogP contribution is 2.13. The van der Waals surface area contributed by atoms with Crippen molar-refractivity contribution in [2.75, 3.05) is 6.61 Å². The number of aromatic carboxylic acids is 1. The standard InChI is InChI=1S/C15H14N2O4/c18-9-12(10-5-2-1-3-6-10)17-14(19)13-11(15(20)21)7-4-8-16-13/h1-8,12,18H,9H2,(H,17,19)(H,20,21). The number of aromatic nitrogens is 1. The van der Waals surface area contributed by atoms with Gasteiger partial charge in [0.05, 0.1) is 18.2 Å². The number of hydrogen-bond acceptors (Lipinski definition) is 4. The number of carbonyl (C=O) groups is 2. The Bertz CT molecular complexity index is 643. The first-order chi connectivity index (χ1) is 10.1. The topological polar surface area (TPSA) is 99.5 Å². The fourth-order valence-corrected chi connectivity index (χ4v) is 1.91. The van der Waals surface area contributed by atoms with Gasteiger partial charge in [0, 0.05) is 6.20 Å². The van der Waals surface area contributed by atoms with Crippen molar-refractivity contribution in [3.63, 3.8) is 0 Å². The summed E-state index contributed by atoms with van der Waals surface area (Å²) in [6.45, 7) is -0.301. The van der Waals surface area contributed by atoms with Crippen molar-refractivity contribution in [1.82, 2.24) is 10.3 Å². The lowest BCUT2D eigenvalue weighted by molar-refractivity contribution is 0.0689. The Hall–Kier alpha value is -2.73. The molecule has 1 aromatic heterocycles. The Morgan fingerprint density at radius 2 is 1.86 bits per heavy atom. The Morgan fingerprint density at radius 3 is 2.48 bits per heavy atom. The zero-order chi connectivity index (χ0) is 15.2. The minimum Gasteiger partial charge on any atom is -0.478 e. The third kappa shape index (κ3) is 3.43. The van der Waals surface area contributed by atoms with Crippen LogP contribution in [0.1, 0.15) is 32.5 Å². The van der Waals surface area contributed by atoms with Crippen LogP contribution in [0.5, 0.6) is 0 Å². The summed E-state index contributed by atoms with van der Waals surface area (Å²) in [5.41, 5.74) is 0.361. The number of benzene rings is 1. The minimum atomic E-state index is -1.23. The molecule has 1 amide bonds. The fraction of sp³-hybridized carbons (Fsp3) is 0.133. The largest absolute Gasteiger partial charge is 0.478 e. The van der Waals surface area contributed by atoms with Gasteiger partial charge in [0.15, 0.2) is 0 Å². The molecule has 108 valence electrons. The van der Waals surface area contributed by atoms with Crippen LogP contribution >= 0.6 is 0 Å². The van der Waals surface area contributed by atoms with E-state index in [-0.39, 0.29) is 17.9 Å². The number of aliphatic hydroxyl groups excluding tert-OH is 1. The fourth-order valence-electron chi connectivity index (χ4n) is 1.91. The van der Waals surface area contributed by atoms with E-state index < -0.39 is 17.9 Å². The second-order valence-electron chi connectivity index (χ2n) is 4.32. The summed E-state index contributed by atoms with van der Waals surface area (Å²) in [6.07, 6.45) is 1.35. The molecular formula is C15H14N2O4. The molecule has 6 nitrogen and oxygen atoms in total. The molecule has 0 spiro atoms. The van der Waals surface area contributed by atoms with Crippen LogP contribution in [-0.4, -0.2) is 33.7 Å². The van der Waals surface area contributed by atoms with E-state index in [9.17, 15) is 14.7 Å². The quantitative estimate of drug-likeness (QED) is 0.768. The van der Waals surface area contributed by atoms with Crippen molar-refractivity contribution in [2.45, 2.75) is 6.04 Å². The van der Waals surface area contributed by atoms with Crippen molar-refractivity contribution >= 4 is 11.9 Å². The molecular weight excluding hydrogens is 272 g/mol. The summed E-state index contributed by atoms with van der Waals surface area (Å²) >= 11 is 0. The maximum absolute atomic E-state index is 12.2. The number of carboxylic acids is 1. The van der Waals surface area contributed by atoms with Crippen molar-refractivity contribution in [3.8, 4) is 0 Å². The summed E-state index contributed by atoms with van der Waals surface area (Å²) in [5.74, 6) is -1.87. The van der Waals surface area contributed by atoms with Crippen molar-refractivity contribution < 1.29 is 19.8 Å². The van der Waals surface area contributed by atoms with Crippen LogP contribution in [0.15, 0.2) is 48.7 Å². The molecule has 0 saturated heterocycles. The maximum Gasteiger partial charge on any atom is 0.338 e. The highest BCUT2D eigenvalue weighted by atomic mass is 16.4. The molecule has 1 heterocycles. The number of carboxylic acid groups (broad SMARTS) is 1. The maximum atomic E-state index is 12.2. The van der Waals surface area contributed by atoms with Crippen molar-refractivity contribution in [2.24, 2.45) is 0 Å². The van der Waals surface area contributed by atoms with Crippen LogP contribution < -0.4 is 5.32 Å². The third-order valence-electron chi connectivity index (χ3n) is 2.94. The first-order valence-corrected chi connectivity index (χ1v) is 6.28. The Morgan fingerprint density at radius 1 is 1.14 bits per heavy atom. The summed E-state index contributed by atoms with van der Waals surface area (Å²) < 4.78 is 0. The van der Waals surface area contributed by atoms with Crippen LogP contribution in [0.3, 0.4) is 0 Å². The monoisotopic (exact) mass is 286 g/mol. The van der Waals surface area contributed by atoms with Gasteiger partial charge in [0.25, 0.3) is 5.91 Å². The van der Waals surface area contributed by atoms with E-state index in [0.29, 0.717) is 0 Å². The molecule has 1 atom stereocenters. The molecule has 0 saturated carbocycles. The highest BCUT2D eigenvalue weighted by molar-refractivity contribution is 6.03. The Kier molecular flexibility index (Phi) is 4.63. The molecule has 21 heavy (non-hydrogen) atoms. The van der Waals surface area contributed by atoms with E-state index in [1.165, 1.54) is 18.3 Å². The van der Waals surface area contributed by atoms with Gasteiger partial charge in [-0.3, -0.25) is 9.78 Å². The Balaban J connectivity index is 2.23. The van der Waals surface area contributed by atoms with Crippen LogP contribution in [0.4, 0.5) is 0 Å². The smallest absolute Gasteiger partial charge is 0.338 e. The van der Waals surface area contributed by atoms with Gasteiger partial charge in [-0.1, -0.05) is 30.3 Å². The summed E-state index contributed by atoms with van der Waals surface area (Å²) in [6, 6.07) is 11.0. The van der Waals surface area contributed by atoms with E-state index in [1.807, 2.05) is 6.07 Å². The lowest BCUT2D eigenvalue weighted by Crippen LogP contribution is -2.32. The highest BCUT2D eigenvalue weighted by Gasteiger charge is 2.20. The van der Waals surface area contributed by atoms with Gasteiger partial charge < -0.3 is 15.5 Å². The van der Waals surface area contributed by atoms with Gasteiger partial charge in [0.1, 0.15) is 5.69 Å². The lowest BCUT2D eigenvalue weighted by Gasteiger charge is -2.16. The molecule has 0 radical (unpaired) electrons. The average Bonchev–Trinajstić information content (AvgIpc) is 2.53. The van der Waals surface area contributed by atoms with Crippen molar-refractivity contribution in [3.05, 3.63) is 65.5 Å². The number of rotatable bonds is 5. The third-order valence-corrected chi connectivity index (χ3v) is 2.94. The molecule has 2 aromatic rings. The second-order valence-corrected chi connectivity index (χ2v) is 4.32. The van der Waals surface area contributed by atoms with Gasteiger partial charge in [-0.05, 0) is 17.7 Å². The second kappa shape index (κ2) is 6.62. The van der Waals surface area contributed by atoms with E-state index in [0.717, 1.165) is 5.56 Å². The van der Waals surface area contributed by atoms with Gasteiger partial charge in [-0.2, -0.15) is 0 Å². The average molecular weight is 286 g/mol. The van der Waals surface area contributed by atoms with Crippen LogP contribution in [0.2, 0.25) is 0 Å². The molecule has 1 unspecified atom stereocenters. The number of nitrogens with one attached hydrogen (secondary N) is 1. The number of aliphatic hydroxyl groups is 1. The zero-order valence-electron chi connectivity index (χ0n) is 11.1. The summed E-state index contributed by atoms with van der Waals surface area (Å²) in [5, 5.41) is 21.0. The predicted molar refractivity (Wildman–Crippen MR) is 74.9 cm³/mol. The van der Waals surface area contributed by atoms with E-state index in [4.69, 9.17) is 5.11 Å². The SMILES string of the molecule is O=C(O)c1cccnc1C(=O)NC(CO)c1ccccc1. The van der Waals surface area contributed by atoms with E-state index >= 15 is 0 Å². The predicted octanol–water partition coefficient (Wildman–Crippen LogP) is 1.24. The van der Waals surface area contributed by atoms with Crippen LogP contribution in [0.25, 0.3) is 0 Å². The molecule has 0 bridgehead atoms. The normalized spacial score (nSPS) is 11.7. The molecule has 0 aliphatic rings. The van der Waals surface area contributed by atoms with Crippen LogP contribution in [-0.2, 0) is 0 Å². The summed E-state index contributed by atoms with van der Waals surface area (Å²) in [7, 11) is 0. The van der Waals surface area contributed by atoms with Crippen LogP contribution in [0, 0.1) is 0 Å². The first kappa shape index (κ1) is 14.7. The number of carbonyl (C=O) groups excluding carboxylic acids is 1. The molecule has 0 aliphatic carbocycles. The molecule has 6 heteroatoms. The first-order valence-electron chi connectivity index (χ1n) is 6.28. The summed E-state index contributed by atoms with van der Waals surface area (Å²) in [4.78, 5) is 27.1. The zero-order valence-corrected chi connectivity index (χ0v) is 11.1. The van der Waals surface area contributed by atoms with Gasteiger partial charge in [-0.15, -0.1) is 0 Å². The number of amides is 1. The molecule has 0 aliphatic heterocycles. The minimum absolute atomic E-state index is 0.181. The molecule has 1 aromatic carbocycles. The van der Waals surface area contributed by atoms with E-state index in [2.05, 4.69) is 10.3 Å². The van der Waals surface area contributed by atoms with Gasteiger partial charge >= 0.3 is 5.97 Å². The van der Waals surface area contributed by atoms with Crippen molar-refractivity contribution in [1.29, 1.82) is 0 Å². The van der Waals surface area contributed by atoms with Gasteiger partial charge in [0.2, 0.25) is 0 Å². The Labute approximate surface area is 121 Å². The number of pyridine rings is 1. The van der Waals surface area contributed by atoms with Gasteiger partial charge in [-0.25, -0.2) is 4.79 Å². The lowest BCUT2D eigenvalue weighted by atomic mass is 10.1.